The first-order valence-corrected chi connectivity index (χ1v) is 7.15. The van der Waals surface area contributed by atoms with E-state index >= 15 is 0 Å². The average Bonchev–Trinajstić information content (AvgIpc) is 2.44. The summed E-state index contributed by atoms with van der Waals surface area (Å²) in [5.74, 6) is 0.145. The summed E-state index contributed by atoms with van der Waals surface area (Å²) in [6.45, 7) is 7.00. The van der Waals surface area contributed by atoms with Crippen LogP contribution >= 0.6 is 0 Å². The summed E-state index contributed by atoms with van der Waals surface area (Å²) in [4.78, 5) is 11.0. The number of nitrogens with two attached hydrogens (primary N) is 1. The zero-order valence-corrected chi connectivity index (χ0v) is 12.5. The normalized spacial score (nSPS) is 15.4. The van der Waals surface area contributed by atoms with Crippen LogP contribution in [0.2, 0.25) is 0 Å². The minimum absolute atomic E-state index is 0.190. The third-order valence-corrected chi connectivity index (χ3v) is 3.86. The van der Waals surface area contributed by atoms with Crippen LogP contribution in [-0.4, -0.2) is 24.2 Å². The Morgan fingerprint density at radius 2 is 1.90 bits per heavy atom. The van der Waals surface area contributed by atoms with Gasteiger partial charge in [0.15, 0.2) is 0 Å². The van der Waals surface area contributed by atoms with Crippen LogP contribution in [0.1, 0.15) is 38.7 Å². The standard InChI is InChI=1S/C16H25NO3/c1-4-20-15-7-5-13(6-8-15)12(3)11(2)9-14(10-17)16(18)19/h5-8,11-12,14H,4,9-10,17H2,1-3H3,(H,18,19). The second-order valence-corrected chi connectivity index (χ2v) is 5.27. The number of carbonyl (C=O) groups is 1. The molecule has 20 heavy (non-hydrogen) atoms. The highest BCUT2D eigenvalue weighted by Crippen LogP contribution is 2.30. The molecule has 0 amide bonds. The lowest BCUT2D eigenvalue weighted by molar-refractivity contribution is -0.142. The van der Waals surface area contributed by atoms with Crippen LogP contribution < -0.4 is 10.5 Å². The number of ether oxygens (including phenoxy) is 1. The molecule has 4 heteroatoms. The van der Waals surface area contributed by atoms with Crippen molar-refractivity contribution >= 4 is 5.97 Å². The van der Waals surface area contributed by atoms with E-state index in [2.05, 4.69) is 13.8 Å². The maximum atomic E-state index is 11.0. The van der Waals surface area contributed by atoms with Crippen LogP contribution in [0.15, 0.2) is 24.3 Å². The maximum Gasteiger partial charge on any atom is 0.307 e. The highest BCUT2D eigenvalue weighted by atomic mass is 16.5. The monoisotopic (exact) mass is 279 g/mol. The minimum Gasteiger partial charge on any atom is -0.494 e. The molecule has 3 unspecified atom stereocenters. The second-order valence-electron chi connectivity index (χ2n) is 5.27. The van der Waals surface area contributed by atoms with Gasteiger partial charge in [-0.1, -0.05) is 26.0 Å². The summed E-state index contributed by atoms with van der Waals surface area (Å²) in [6, 6.07) is 8.01. The van der Waals surface area contributed by atoms with Crippen LogP contribution in [0.25, 0.3) is 0 Å². The van der Waals surface area contributed by atoms with Gasteiger partial charge in [0, 0.05) is 6.54 Å². The first kappa shape index (κ1) is 16.5. The largest absolute Gasteiger partial charge is 0.494 e. The van der Waals surface area contributed by atoms with E-state index in [0.29, 0.717) is 18.9 Å². The fourth-order valence-electron chi connectivity index (χ4n) is 2.31. The molecule has 0 fully saturated rings. The molecule has 0 aliphatic heterocycles. The van der Waals surface area contributed by atoms with Crippen molar-refractivity contribution in [3.63, 3.8) is 0 Å². The lowest BCUT2D eigenvalue weighted by atomic mass is 9.83. The topological polar surface area (TPSA) is 72.5 Å². The number of carboxylic acid groups (broad SMARTS) is 1. The molecule has 0 radical (unpaired) electrons. The molecular weight excluding hydrogens is 254 g/mol. The molecule has 0 saturated carbocycles. The molecule has 1 rings (SSSR count). The van der Waals surface area contributed by atoms with Crippen LogP contribution in [0.5, 0.6) is 5.75 Å². The number of aliphatic carboxylic acids is 1. The number of hydrogen-bond donors (Lipinski definition) is 2. The van der Waals surface area contributed by atoms with E-state index < -0.39 is 11.9 Å². The Balaban J connectivity index is 2.68. The molecule has 3 atom stereocenters. The molecule has 3 N–H and O–H groups in total. The van der Waals surface area contributed by atoms with Crippen molar-refractivity contribution in [1.29, 1.82) is 0 Å². The van der Waals surface area contributed by atoms with Crippen molar-refractivity contribution in [2.24, 2.45) is 17.6 Å². The number of rotatable bonds is 8. The molecule has 0 saturated heterocycles. The van der Waals surface area contributed by atoms with Crippen LogP contribution in [-0.2, 0) is 4.79 Å². The molecule has 0 aromatic heterocycles. The molecule has 0 aliphatic rings. The summed E-state index contributed by atoms with van der Waals surface area (Å²) >= 11 is 0. The Morgan fingerprint density at radius 1 is 1.30 bits per heavy atom. The van der Waals surface area contributed by atoms with Crippen LogP contribution in [0, 0.1) is 11.8 Å². The predicted octanol–water partition coefficient (Wildman–Crippen LogP) is 2.87. The van der Waals surface area contributed by atoms with Gasteiger partial charge in [0.25, 0.3) is 0 Å². The molecule has 112 valence electrons. The van der Waals surface area contributed by atoms with Gasteiger partial charge in [-0.25, -0.2) is 0 Å². The van der Waals surface area contributed by atoms with Gasteiger partial charge in [-0.2, -0.15) is 0 Å². The lowest BCUT2D eigenvalue weighted by Gasteiger charge is -2.23. The summed E-state index contributed by atoms with van der Waals surface area (Å²) in [7, 11) is 0. The molecular formula is C16H25NO3. The third kappa shape index (κ3) is 4.53. The molecule has 0 spiro atoms. The predicted molar refractivity (Wildman–Crippen MR) is 80.0 cm³/mol. The van der Waals surface area contributed by atoms with Gasteiger partial charge in [0.2, 0.25) is 0 Å². The van der Waals surface area contributed by atoms with E-state index in [4.69, 9.17) is 15.6 Å². The van der Waals surface area contributed by atoms with Gasteiger partial charge in [0.1, 0.15) is 5.75 Å². The number of carboxylic acids is 1. The zero-order chi connectivity index (χ0) is 15.1. The van der Waals surface area contributed by atoms with Gasteiger partial charge in [0.05, 0.1) is 12.5 Å². The SMILES string of the molecule is CCOc1ccc(C(C)C(C)CC(CN)C(=O)O)cc1. The van der Waals surface area contributed by atoms with Crippen LogP contribution in [0.4, 0.5) is 0 Å². The van der Waals surface area contributed by atoms with E-state index in [1.54, 1.807) is 0 Å². The van der Waals surface area contributed by atoms with Crippen molar-refractivity contribution in [1.82, 2.24) is 0 Å². The Kier molecular flexibility index (Phi) is 6.52. The minimum atomic E-state index is -0.807. The van der Waals surface area contributed by atoms with E-state index in [0.717, 1.165) is 5.75 Å². The van der Waals surface area contributed by atoms with Crippen LogP contribution in [0.3, 0.4) is 0 Å². The first-order chi connectivity index (χ1) is 9.49. The molecule has 0 bridgehead atoms. The zero-order valence-electron chi connectivity index (χ0n) is 12.5. The quantitative estimate of drug-likeness (QED) is 0.767. The Bertz CT molecular complexity index is 416. The Morgan fingerprint density at radius 3 is 2.35 bits per heavy atom. The molecule has 4 nitrogen and oxygen atoms in total. The van der Waals surface area contributed by atoms with Crippen molar-refractivity contribution < 1.29 is 14.6 Å². The fourth-order valence-corrected chi connectivity index (χ4v) is 2.31. The average molecular weight is 279 g/mol. The number of hydrogen-bond acceptors (Lipinski definition) is 3. The Labute approximate surface area is 120 Å². The Hall–Kier alpha value is -1.55. The van der Waals surface area contributed by atoms with Crippen molar-refractivity contribution in [2.45, 2.75) is 33.1 Å². The highest BCUT2D eigenvalue weighted by molar-refractivity contribution is 5.70. The first-order valence-electron chi connectivity index (χ1n) is 7.15. The summed E-state index contributed by atoms with van der Waals surface area (Å²) in [5.41, 5.74) is 6.71. The molecule has 0 heterocycles. The van der Waals surface area contributed by atoms with Crippen molar-refractivity contribution in [2.75, 3.05) is 13.2 Å². The molecule has 1 aromatic rings. The summed E-state index contributed by atoms with van der Waals surface area (Å²) in [5, 5.41) is 9.07. The molecule has 1 aromatic carbocycles. The van der Waals surface area contributed by atoms with Gasteiger partial charge < -0.3 is 15.6 Å². The van der Waals surface area contributed by atoms with Gasteiger partial charge in [-0.15, -0.1) is 0 Å². The third-order valence-electron chi connectivity index (χ3n) is 3.86. The maximum absolute atomic E-state index is 11.0. The van der Waals surface area contributed by atoms with E-state index in [-0.39, 0.29) is 12.5 Å². The molecule has 0 aliphatic carbocycles. The second kappa shape index (κ2) is 7.90. The highest BCUT2D eigenvalue weighted by Gasteiger charge is 2.23. The summed E-state index contributed by atoms with van der Waals surface area (Å²) < 4.78 is 5.42. The van der Waals surface area contributed by atoms with Gasteiger partial charge in [-0.05, 0) is 42.9 Å². The van der Waals surface area contributed by atoms with E-state index in [1.807, 2.05) is 31.2 Å². The lowest BCUT2D eigenvalue weighted by Crippen LogP contribution is -2.26. The summed E-state index contributed by atoms with van der Waals surface area (Å²) in [6.07, 6.45) is 0.597. The van der Waals surface area contributed by atoms with Gasteiger partial charge >= 0.3 is 5.97 Å². The number of benzene rings is 1. The van der Waals surface area contributed by atoms with E-state index in [1.165, 1.54) is 5.56 Å². The fraction of sp³-hybridized carbons (Fsp3) is 0.562. The smallest absolute Gasteiger partial charge is 0.307 e. The van der Waals surface area contributed by atoms with Crippen molar-refractivity contribution in [3.05, 3.63) is 29.8 Å². The van der Waals surface area contributed by atoms with Gasteiger partial charge in [-0.3, -0.25) is 4.79 Å². The van der Waals surface area contributed by atoms with E-state index in [9.17, 15) is 4.79 Å². The van der Waals surface area contributed by atoms with Crippen molar-refractivity contribution in [3.8, 4) is 5.75 Å².